The maximum atomic E-state index is 13.5. The predicted molar refractivity (Wildman–Crippen MR) is 145 cm³/mol. The summed E-state index contributed by atoms with van der Waals surface area (Å²) in [5.41, 5.74) is 7.68. The van der Waals surface area contributed by atoms with E-state index in [-0.39, 0.29) is 17.0 Å². The van der Waals surface area contributed by atoms with E-state index >= 15 is 0 Å². The van der Waals surface area contributed by atoms with Crippen LogP contribution >= 0.6 is 34.9 Å². The van der Waals surface area contributed by atoms with Crippen LogP contribution in [0.2, 0.25) is 0 Å². The van der Waals surface area contributed by atoms with E-state index in [1.54, 1.807) is 29.6 Å². The Morgan fingerprint density at radius 2 is 1.44 bits per heavy atom. The highest BCUT2D eigenvalue weighted by Gasteiger charge is 2.39. The van der Waals surface area contributed by atoms with Crippen molar-refractivity contribution in [1.82, 2.24) is 4.57 Å². The fourth-order valence-corrected chi connectivity index (χ4v) is 6.03. The van der Waals surface area contributed by atoms with E-state index in [4.69, 9.17) is 15.2 Å². The van der Waals surface area contributed by atoms with Crippen LogP contribution in [0, 0.1) is 0 Å². The first-order chi connectivity index (χ1) is 17.3. The number of nitrogens with zero attached hydrogens (tertiary/aromatic N) is 1. The number of hydrogen-bond donors (Lipinski definition) is 1. The molecule has 0 spiro atoms. The first kappa shape index (κ1) is 25.9. The van der Waals surface area contributed by atoms with Gasteiger partial charge in [-0.1, -0.05) is 24.3 Å². The summed E-state index contributed by atoms with van der Waals surface area (Å²) in [6.07, 6.45) is 5.68. The molecular weight excluding hydrogens is 516 g/mol. The molecule has 186 valence electrons. The molecule has 2 aromatic carbocycles. The molecule has 1 atom stereocenters. The van der Waals surface area contributed by atoms with E-state index in [1.807, 2.05) is 61.0 Å². The van der Waals surface area contributed by atoms with Crippen molar-refractivity contribution in [2.75, 3.05) is 26.7 Å². The number of nitrogens with two attached hydrogens (primary N) is 1. The lowest BCUT2D eigenvalue weighted by Gasteiger charge is -2.26. The van der Waals surface area contributed by atoms with Crippen LogP contribution < -0.4 is 20.5 Å². The van der Waals surface area contributed by atoms with Gasteiger partial charge in [-0.2, -0.15) is 0 Å². The molecule has 0 fully saturated rings. The number of fused-ring (bicyclic) bond motifs is 1. The van der Waals surface area contributed by atoms with E-state index in [0.717, 1.165) is 26.7 Å². The Kier molecular flexibility index (Phi) is 7.77. The zero-order chi connectivity index (χ0) is 26.0. The zero-order valence-electron chi connectivity index (χ0n) is 20.1. The summed E-state index contributed by atoms with van der Waals surface area (Å²) in [5, 5.41) is 0. The van der Waals surface area contributed by atoms with Crippen molar-refractivity contribution in [3.8, 4) is 0 Å². The second kappa shape index (κ2) is 10.8. The molecule has 1 aliphatic heterocycles. The molecule has 0 amide bonds. The smallest absolute Gasteiger partial charge is 0.338 e. The number of thiazole rings is 1. The Balaban J connectivity index is 2.06. The second-order valence-corrected chi connectivity index (χ2v) is 10.5. The molecule has 36 heavy (non-hydrogen) atoms. The maximum absolute atomic E-state index is 13.5. The number of methoxy groups -OCH3 is 2. The van der Waals surface area contributed by atoms with Gasteiger partial charge in [0.15, 0.2) is 0 Å². The molecule has 0 saturated carbocycles. The topological polar surface area (TPSA) is 101 Å². The van der Waals surface area contributed by atoms with Crippen LogP contribution in [0.1, 0.15) is 17.0 Å². The van der Waals surface area contributed by atoms with E-state index < -0.39 is 23.4 Å². The molecule has 4 rings (SSSR count). The normalized spacial score (nSPS) is 15.6. The van der Waals surface area contributed by atoms with Crippen molar-refractivity contribution in [1.29, 1.82) is 0 Å². The number of ether oxygens (including phenoxy) is 2. The van der Waals surface area contributed by atoms with Crippen molar-refractivity contribution in [3.63, 3.8) is 0 Å². The molecular formula is C26H24N2O5S3. The predicted octanol–water partition coefficient (Wildman–Crippen LogP) is 2.60. The molecule has 1 unspecified atom stereocenters. The first-order valence-corrected chi connectivity index (χ1v) is 14.0. The van der Waals surface area contributed by atoms with E-state index in [1.165, 1.54) is 18.8 Å². The van der Waals surface area contributed by atoms with Gasteiger partial charge in [-0.15, -0.1) is 34.9 Å². The largest absolute Gasteiger partial charge is 0.466 e. The Morgan fingerprint density at radius 1 is 0.917 bits per heavy atom. The standard InChI is InChI=1S/C26H24N2O5S3/c1-32-25(30)20-19(15-7-11-17(35-4)12-8-15)21(26(31)33-2)24-28(22(20)27)23(29)18(36-24)13-14-5-9-16(34-3)10-6-14/h5-13,19H,27H2,1-4H3/b18-13+. The maximum Gasteiger partial charge on any atom is 0.338 e. The van der Waals surface area contributed by atoms with Gasteiger partial charge in [0.05, 0.1) is 35.8 Å². The second-order valence-electron chi connectivity index (χ2n) is 7.73. The fourth-order valence-electron chi connectivity index (χ4n) is 4.05. The minimum atomic E-state index is -0.868. The molecule has 1 aliphatic rings. The highest BCUT2D eigenvalue weighted by Crippen LogP contribution is 2.38. The minimum absolute atomic E-state index is 0.0121. The van der Waals surface area contributed by atoms with Gasteiger partial charge in [-0.3, -0.25) is 9.36 Å². The average Bonchev–Trinajstić information content (AvgIpc) is 3.23. The Morgan fingerprint density at radius 3 is 1.97 bits per heavy atom. The molecule has 7 nitrogen and oxygen atoms in total. The van der Waals surface area contributed by atoms with Gasteiger partial charge in [0, 0.05) is 9.79 Å². The molecule has 10 heteroatoms. The number of thioether (sulfide) groups is 2. The summed E-state index contributed by atoms with van der Waals surface area (Å²) in [6.45, 7) is 0. The summed E-state index contributed by atoms with van der Waals surface area (Å²) in [7, 11) is 2.50. The lowest BCUT2D eigenvalue weighted by Crippen LogP contribution is -2.41. The van der Waals surface area contributed by atoms with Gasteiger partial charge in [0.2, 0.25) is 0 Å². The average molecular weight is 541 g/mol. The molecule has 0 bridgehead atoms. The van der Waals surface area contributed by atoms with Crippen LogP contribution in [0.5, 0.6) is 0 Å². The highest BCUT2D eigenvalue weighted by molar-refractivity contribution is 7.98. The number of esters is 2. The van der Waals surface area contributed by atoms with Crippen molar-refractivity contribution in [2.24, 2.45) is 5.73 Å². The Bertz CT molecular complexity index is 1530. The number of rotatable bonds is 6. The highest BCUT2D eigenvalue weighted by atomic mass is 32.2. The van der Waals surface area contributed by atoms with Gasteiger partial charge in [0.1, 0.15) is 10.5 Å². The monoisotopic (exact) mass is 540 g/mol. The molecule has 0 aliphatic carbocycles. The van der Waals surface area contributed by atoms with Gasteiger partial charge >= 0.3 is 11.9 Å². The van der Waals surface area contributed by atoms with Crippen LogP contribution in [-0.4, -0.2) is 43.2 Å². The molecule has 2 N–H and O–H groups in total. The fraction of sp³-hybridized carbons (Fsp3) is 0.192. The van der Waals surface area contributed by atoms with Gasteiger partial charge in [-0.25, -0.2) is 9.59 Å². The van der Waals surface area contributed by atoms with E-state index in [9.17, 15) is 14.4 Å². The molecule has 1 aromatic heterocycles. The van der Waals surface area contributed by atoms with E-state index in [2.05, 4.69) is 0 Å². The molecule has 0 saturated heterocycles. The summed E-state index contributed by atoms with van der Waals surface area (Å²) in [6, 6.07) is 15.2. The lowest BCUT2D eigenvalue weighted by atomic mass is 9.83. The lowest BCUT2D eigenvalue weighted by molar-refractivity contribution is -0.136. The zero-order valence-corrected chi connectivity index (χ0v) is 22.5. The van der Waals surface area contributed by atoms with Crippen molar-refractivity contribution in [2.45, 2.75) is 15.7 Å². The Labute approximate surface area is 220 Å². The summed E-state index contributed by atoms with van der Waals surface area (Å²) in [5.74, 6) is -2.32. The minimum Gasteiger partial charge on any atom is -0.466 e. The summed E-state index contributed by atoms with van der Waals surface area (Å²) >= 11 is 4.32. The van der Waals surface area contributed by atoms with Crippen molar-refractivity contribution >= 4 is 64.3 Å². The third kappa shape index (κ3) is 4.63. The van der Waals surface area contributed by atoms with E-state index in [0.29, 0.717) is 14.8 Å². The van der Waals surface area contributed by atoms with Gasteiger partial charge in [0.25, 0.3) is 5.56 Å². The summed E-state index contributed by atoms with van der Waals surface area (Å²) < 4.78 is 12.0. The van der Waals surface area contributed by atoms with Crippen LogP contribution in [-0.2, 0) is 19.1 Å². The number of carbonyl (C=O) groups excluding carboxylic acids is 2. The SMILES string of the molecule is COC(=O)C1=C(N)n2c(s/c(=C/c3ccc(SC)cc3)c2=O)=C(C(=O)OC)C1c1ccc(SC)cc1. The molecule has 3 aromatic rings. The van der Waals surface area contributed by atoms with Crippen LogP contribution in [0.25, 0.3) is 17.5 Å². The van der Waals surface area contributed by atoms with Crippen LogP contribution in [0.4, 0.5) is 0 Å². The van der Waals surface area contributed by atoms with Crippen LogP contribution in [0.3, 0.4) is 0 Å². The quantitative estimate of drug-likeness (QED) is 0.376. The number of hydrogen-bond acceptors (Lipinski definition) is 9. The molecule has 2 heterocycles. The molecule has 0 radical (unpaired) electrons. The third-order valence-electron chi connectivity index (χ3n) is 5.82. The number of aromatic nitrogens is 1. The van der Waals surface area contributed by atoms with Crippen molar-refractivity contribution in [3.05, 3.63) is 84.8 Å². The Hall–Kier alpha value is -3.21. The summed E-state index contributed by atoms with van der Waals surface area (Å²) in [4.78, 5) is 41.7. The third-order valence-corrected chi connectivity index (χ3v) is 8.42. The van der Waals surface area contributed by atoms with Gasteiger partial charge in [-0.05, 0) is 54.0 Å². The van der Waals surface area contributed by atoms with Crippen LogP contribution in [0.15, 0.2) is 68.7 Å². The number of carbonyl (C=O) groups is 2. The van der Waals surface area contributed by atoms with Gasteiger partial charge < -0.3 is 15.2 Å². The van der Waals surface area contributed by atoms with Crippen molar-refractivity contribution < 1.29 is 19.1 Å². The first-order valence-electron chi connectivity index (χ1n) is 10.8. The number of benzene rings is 2.